The second kappa shape index (κ2) is 3.57. The summed E-state index contributed by atoms with van der Waals surface area (Å²) in [5.41, 5.74) is 7.80. The number of hydrogen-bond donors (Lipinski definition) is 1. The summed E-state index contributed by atoms with van der Waals surface area (Å²) in [5.74, 6) is 0. The number of rotatable bonds is 2. The van der Waals surface area contributed by atoms with E-state index in [1.165, 1.54) is 10.4 Å². The van der Waals surface area contributed by atoms with E-state index >= 15 is 0 Å². The minimum absolute atomic E-state index is 0.611. The van der Waals surface area contributed by atoms with Gasteiger partial charge < -0.3 is 5.73 Å². The largest absolute Gasteiger partial charge is 0.326 e. The van der Waals surface area contributed by atoms with E-state index in [9.17, 15) is 0 Å². The molecule has 0 aliphatic rings. The monoisotopic (exact) mass is 210 g/mol. The SMILES string of the molecule is Cc1nc(-c2cc(CN)cs2)cs1. The molecule has 0 saturated carbocycles. The molecule has 0 atom stereocenters. The lowest BCUT2D eigenvalue weighted by atomic mass is 10.3. The average molecular weight is 210 g/mol. The molecular formula is C9H10N2S2. The van der Waals surface area contributed by atoms with Crippen LogP contribution < -0.4 is 5.73 Å². The summed E-state index contributed by atoms with van der Waals surface area (Å²) >= 11 is 3.39. The minimum atomic E-state index is 0.611. The van der Waals surface area contributed by atoms with Gasteiger partial charge in [0.2, 0.25) is 0 Å². The van der Waals surface area contributed by atoms with E-state index in [-0.39, 0.29) is 0 Å². The van der Waals surface area contributed by atoms with E-state index in [0.717, 1.165) is 10.7 Å². The number of nitrogens with zero attached hydrogens (tertiary/aromatic N) is 1. The van der Waals surface area contributed by atoms with Crippen molar-refractivity contribution in [3.05, 3.63) is 27.4 Å². The Morgan fingerprint density at radius 2 is 2.23 bits per heavy atom. The number of thiazole rings is 1. The van der Waals surface area contributed by atoms with Gasteiger partial charge in [0.25, 0.3) is 0 Å². The lowest BCUT2D eigenvalue weighted by Gasteiger charge is -1.87. The molecule has 2 aromatic heterocycles. The van der Waals surface area contributed by atoms with Crippen LogP contribution in [0.1, 0.15) is 10.6 Å². The zero-order valence-corrected chi connectivity index (χ0v) is 8.91. The Kier molecular flexibility index (Phi) is 2.44. The third kappa shape index (κ3) is 1.80. The smallest absolute Gasteiger partial charge is 0.0914 e. The molecule has 0 spiro atoms. The third-order valence-corrected chi connectivity index (χ3v) is 3.54. The van der Waals surface area contributed by atoms with Gasteiger partial charge in [0.15, 0.2) is 0 Å². The number of hydrogen-bond acceptors (Lipinski definition) is 4. The van der Waals surface area contributed by atoms with E-state index in [1.807, 2.05) is 6.92 Å². The van der Waals surface area contributed by atoms with Crippen molar-refractivity contribution < 1.29 is 0 Å². The molecule has 0 aliphatic carbocycles. The van der Waals surface area contributed by atoms with Gasteiger partial charge in [-0.15, -0.1) is 22.7 Å². The maximum atomic E-state index is 5.54. The minimum Gasteiger partial charge on any atom is -0.326 e. The fraction of sp³-hybridized carbons (Fsp3) is 0.222. The highest BCUT2D eigenvalue weighted by Gasteiger charge is 2.04. The van der Waals surface area contributed by atoms with Gasteiger partial charge in [0.05, 0.1) is 15.6 Å². The van der Waals surface area contributed by atoms with Crippen molar-refractivity contribution in [3.63, 3.8) is 0 Å². The summed E-state index contributed by atoms with van der Waals surface area (Å²) in [6.07, 6.45) is 0. The van der Waals surface area contributed by atoms with Gasteiger partial charge >= 0.3 is 0 Å². The van der Waals surface area contributed by atoms with Crippen molar-refractivity contribution in [1.29, 1.82) is 0 Å². The third-order valence-electron chi connectivity index (χ3n) is 1.76. The highest BCUT2D eigenvalue weighted by Crippen LogP contribution is 2.27. The quantitative estimate of drug-likeness (QED) is 0.827. The van der Waals surface area contributed by atoms with Gasteiger partial charge in [-0.25, -0.2) is 4.98 Å². The molecule has 13 heavy (non-hydrogen) atoms. The first-order valence-electron chi connectivity index (χ1n) is 3.99. The molecule has 0 fully saturated rings. The fourth-order valence-electron chi connectivity index (χ4n) is 1.09. The Balaban J connectivity index is 2.35. The van der Waals surface area contributed by atoms with Crippen LogP contribution in [0.2, 0.25) is 0 Å². The van der Waals surface area contributed by atoms with Crippen molar-refractivity contribution in [1.82, 2.24) is 4.98 Å². The molecule has 2 nitrogen and oxygen atoms in total. The van der Waals surface area contributed by atoms with Gasteiger partial charge in [0.1, 0.15) is 0 Å². The van der Waals surface area contributed by atoms with Crippen LogP contribution in [0.4, 0.5) is 0 Å². The Labute approximate surface area is 85.1 Å². The maximum absolute atomic E-state index is 5.54. The summed E-state index contributed by atoms with van der Waals surface area (Å²) in [6, 6.07) is 2.11. The molecule has 0 bridgehead atoms. The average Bonchev–Trinajstić information content (AvgIpc) is 2.71. The van der Waals surface area contributed by atoms with Crippen LogP contribution >= 0.6 is 22.7 Å². The molecule has 2 heterocycles. The van der Waals surface area contributed by atoms with E-state index < -0.39 is 0 Å². The van der Waals surface area contributed by atoms with E-state index in [0.29, 0.717) is 6.54 Å². The predicted octanol–water partition coefficient (Wildman–Crippen LogP) is 2.64. The summed E-state index contributed by atoms with van der Waals surface area (Å²) in [7, 11) is 0. The van der Waals surface area contributed by atoms with Crippen LogP contribution in [-0.2, 0) is 6.54 Å². The molecule has 0 amide bonds. The molecule has 0 saturated heterocycles. The maximum Gasteiger partial charge on any atom is 0.0914 e. The van der Waals surface area contributed by atoms with Gasteiger partial charge in [-0.2, -0.15) is 0 Å². The number of aromatic nitrogens is 1. The molecule has 4 heteroatoms. The second-order valence-electron chi connectivity index (χ2n) is 2.78. The number of aryl methyl sites for hydroxylation is 1. The Bertz CT molecular complexity index is 403. The zero-order chi connectivity index (χ0) is 9.26. The molecule has 0 aliphatic heterocycles. The molecule has 0 aromatic carbocycles. The van der Waals surface area contributed by atoms with Crippen LogP contribution in [0, 0.1) is 6.92 Å². The first kappa shape index (κ1) is 8.87. The summed E-state index contributed by atoms with van der Waals surface area (Å²) < 4.78 is 0. The second-order valence-corrected chi connectivity index (χ2v) is 4.75. The van der Waals surface area contributed by atoms with Crippen molar-refractivity contribution in [2.24, 2.45) is 5.73 Å². The van der Waals surface area contributed by atoms with E-state index in [4.69, 9.17) is 5.73 Å². The topological polar surface area (TPSA) is 38.9 Å². The zero-order valence-electron chi connectivity index (χ0n) is 7.28. The van der Waals surface area contributed by atoms with Crippen LogP contribution in [0.15, 0.2) is 16.8 Å². The van der Waals surface area contributed by atoms with E-state index in [2.05, 4.69) is 21.8 Å². The fourth-order valence-corrected chi connectivity index (χ4v) is 2.67. The first-order valence-corrected chi connectivity index (χ1v) is 5.75. The summed E-state index contributed by atoms with van der Waals surface area (Å²) in [6.45, 7) is 2.63. The lowest BCUT2D eigenvalue weighted by Crippen LogP contribution is -1.92. The van der Waals surface area contributed by atoms with Gasteiger partial charge in [-0.3, -0.25) is 0 Å². The lowest BCUT2D eigenvalue weighted by molar-refractivity contribution is 1.08. The van der Waals surface area contributed by atoms with Gasteiger partial charge in [-0.05, 0) is 23.9 Å². The molecule has 0 unspecified atom stereocenters. The Morgan fingerprint density at radius 3 is 2.77 bits per heavy atom. The molecule has 2 rings (SSSR count). The summed E-state index contributed by atoms with van der Waals surface area (Å²) in [4.78, 5) is 5.63. The highest BCUT2D eigenvalue weighted by molar-refractivity contribution is 7.14. The number of thiophene rings is 1. The molecule has 2 N–H and O–H groups in total. The number of nitrogens with two attached hydrogens (primary N) is 1. The predicted molar refractivity (Wildman–Crippen MR) is 58.1 cm³/mol. The molecular weight excluding hydrogens is 200 g/mol. The Morgan fingerprint density at radius 1 is 1.38 bits per heavy atom. The van der Waals surface area contributed by atoms with Crippen molar-refractivity contribution >= 4 is 22.7 Å². The van der Waals surface area contributed by atoms with Gasteiger partial charge in [0, 0.05) is 11.9 Å². The highest BCUT2D eigenvalue weighted by atomic mass is 32.1. The van der Waals surface area contributed by atoms with Crippen molar-refractivity contribution in [2.45, 2.75) is 13.5 Å². The standard InChI is InChI=1S/C9H10N2S2/c1-6-11-8(5-12-6)9-2-7(3-10)4-13-9/h2,4-5H,3,10H2,1H3. The van der Waals surface area contributed by atoms with Crippen LogP contribution in [-0.4, -0.2) is 4.98 Å². The molecule has 2 aromatic rings. The normalized spacial score (nSPS) is 10.6. The van der Waals surface area contributed by atoms with Gasteiger partial charge in [-0.1, -0.05) is 0 Å². The van der Waals surface area contributed by atoms with Crippen molar-refractivity contribution in [2.75, 3.05) is 0 Å². The molecule has 68 valence electrons. The van der Waals surface area contributed by atoms with E-state index in [1.54, 1.807) is 22.7 Å². The van der Waals surface area contributed by atoms with Crippen molar-refractivity contribution in [3.8, 4) is 10.6 Å². The molecule has 0 radical (unpaired) electrons. The van der Waals surface area contributed by atoms with Crippen LogP contribution in [0.5, 0.6) is 0 Å². The first-order chi connectivity index (χ1) is 6.29. The Hall–Kier alpha value is -0.710. The van der Waals surface area contributed by atoms with Crippen LogP contribution in [0.25, 0.3) is 10.6 Å². The van der Waals surface area contributed by atoms with Crippen LogP contribution in [0.3, 0.4) is 0 Å². The summed E-state index contributed by atoms with van der Waals surface area (Å²) in [5, 5.41) is 5.28.